The van der Waals surface area contributed by atoms with E-state index in [0.29, 0.717) is 16.8 Å². The molecule has 0 bridgehead atoms. The Bertz CT molecular complexity index is 433. The Morgan fingerprint density at radius 2 is 2.25 bits per heavy atom. The molecule has 0 spiro atoms. The van der Waals surface area contributed by atoms with E-state index in [1.54, 1.807) is 12.1 Å². The lowest BCUT2D eigenvalue weighted by Gasteiger charge is -2.27. The number of aliphatic hydroxyl groups is 1. The van der Waals surface area contributed by atoms with E-state index in [9.17, 15) is 10.3 Å². The molecule has 20 heavy (non-hydrogen) atoms. The Morgan fingerprint density at radius 1 is 1.45 bits per heavy atom. The summed E-state index contributed by atoms with van der Waals surface area (Å²) in [5.41, 5.74) is 0.535. The predicted octanol–water partition coefficient (Wildman–Crippen LogP) is 0.394. The lowest BCUT2D eigenvalue weighted by atomic mass is 10.1. The summed E-state index contributed by atoms with van der Waals surface area (Å²) in [6.45, 7) is 2.83. The summed E-state index contributed by atoms with van der Waals surface area (Å²) in [5.74, 6) is 0. The molecular weight excluding hydrogens is 258 g/mol. The van der Waals surface area contributed by atoms with E-state index in [2.05, 4.69) is 16.3 Å². The average molecular weight is 278 g/mol. The lowest BCUT2D eigenvalue weighted by molar-refractivity contribution is -0.605. The van der Waals surface area contributed by atoms with Crippen LogP contribution in [0.4, 0.5) is 0 Å². The molecule has 109 valence electrons. The zero-order valence-corrected chi connectivity index (χ0v) is 11.4. The van der Waals surface area contributed by atoms with Crippen LogP contribution in [0.25, 0.3) is 0 Å². The highest BCUT2D eigenvalue weighted by atomic mass is 16.6. The fraction of sp³-hybridized carbons (Fsp3) is 0.571. The molecule has 0 aromatic carbocycles. The molecular formula is C14H20N3O3. The van der Waals surface area contributed by atoms with Crippen LogP contribution in [-0.2, 0) is 4.84 Å². The zero-order valence-electron chi connectivity index (χ0n) is 11.4. The van der Waals surface area contributed by atoms with Crippen molar-refractivity contribution >= 4 is 6.21 Å². The van der Waals surface area contributed by atoms with Gasteiger partial charge in [0.25, 0.3) is 0 Å². The maximum Gasteiger partial charge on any atom is 0.189 e. The van der Waals surface area contributed by atoms with Gasteiger partial charge in [0.1, 0.15) is 18.9 Å². The standard InChI is InChI=1S/C14H20N3O3/c18-14(11-16-6-2-1-3-7-16)12-20-15-9-13-5-4-8-17(19)10-13/h4-5,8,10,14,18H,1-3,6-7,11-12H2. The van der Waals surface area contributed by atoms with Crippen molar-refractivity contribution in [3.8, 4) is 0 Å². The molecule has 2 rings (SSSR count). The van der Waals surface area contributed by atoms with Gasteiger partial charge < -0.3 is 20.1 Å². The number of aliphatic hydroxyl groups excluding tert-OH is 1. The molecule has 0 aliphatic carbocycles. The Balaban J connectivity index is 1.66. The number of likely N-dealkylation sites (tertiary alicyclic amines) is 1. The molecule has 2 heterocycles. The Hall–Kier alpha value is -1.66. The molecule has 1 aliphatic rings. The number of aromatic nitrogens is 1. The first-order chi connectivity index (χ1) is 9.74. The summed E-state index contributed by atoms with van der Waals surface area (Å²) in [6.07, 6.45) is 8.44. The molecule has 1 N–H and O–H groups in total. The number of hydrogen-bond acceptors (Lipinski definition) is 5. The molecule has 0 amide bonds. The van der Waals surface area contributed by atoms with Crippen LogP contribution < -0.4 is 4.73 Å². The second kappa shape index (κ2) is 7.81. The van der Waals surface area contributed by atoms with Crippen LogP contribution in [0.15, 0.2) is 29.7 Å². The van der Waals surface area contributed by atoms with E-state index in [1.807, 2.05) is 0 Å². The number of nitrogens with zero attached hydrogens (tertiary/aromatic N) is 3. The molecule has 1 saturated heterocycles. The molecule has 1 radical (unpaired) electrons. The fourth-order valence-electron chi connectivity index (χ4n) is 2.22. The van der Waals surface area contributed by atoms with Crippen molar-refractivity contribution in [1.29, 1.82) is 0 Å². The van der Waals surface area contributed by atoms with Crippen molar-refractivity contribution in [2.45, 2.75) is 25.4 Å². The Kier molecular flexibility index (Phi) is 5.76. The van der Waals surface area contributed by atoms with Gasteiger partial charge in [-0.05, 0) is 32.0 Å². The van der Waals surface area contributed by atoms with Crippen LogP contribution in [0.5, 0.6) is 0 Å². The van der Waals surface area contributed by atoms with Crippen LogP contribution in [0, 0.1) is 5.21 Å². The van der Waals surface area contributed by atoms with Crippen LogP contribution in [0.1, 0.15) is 24.8 Å². The first-order valence-corrected chi connectivity index (χ1v) is 6.91. The second-order valence-corrected chi connectivity index (χ2v) is 4.97. The van der Waals surface area contributed by atoms with Crippen LogP contribution >= 0.6 is 0 Å². The molecule has 0 saturated carbocycles. The monoisotopic (exact) mass is 278 g/mol. The number of β-amino-alcohol motifs (C(OH)–C–C–N with tert-alkyl or cyclic N) is 1. The predicted molar refractivity (Wildman–Crippen MR) is 74.2 cm³/mol. The van der Waals surface area contributed by atoms with E-state index in [4.69, 9.17) is 4.84 Å². The molecule has 1 aromatic rings. The van der Waals surface area contributed by atoms with E-state index in [0.717, 1.165) is 13.1 Å². The second-order valence-electron chi connectivity index (χ2n) is 4.97. The topological polar surface area (TPSA) is 72.0 Å². The minimum atomic E-state index is -0.557. The lowest BCUT2D eigenvalue weighted by Crippen LogP contribution is -2.37. The molecule has 6 nitrogen and oxygen atoms in total. The van der Waals surface area contributed by atoms with Gasteiger partial charge in [-0.2, -0.15) is 4.73 Å². The summed E-state index contributed by atoms with van der Waals surface area (Å²) in [4.78, 5) is 7.25. The van der Waals surface area contributed by atoms with Gasteiger partial charge in [0.05, 0.1) is 5.56 Å². The highest BCUT2D eigenvalue weighted by molar-refractivity contribution is 5.77. The maximum absolute atomic E-state index is 11.0. The summed E-state index contributed by atoms with van der Waals surface area (Å²) < 4.78 is 0.670. The smallest absolute Gasteiger partial charge is 0.189 e. The minimum Gasteiger partial charge on any atom is -0.619 e. The van der Waals surface area contributed by atoms with Crippen molar-refractivity contribution in [1.82, 2.24) is 4.90 Å². The van der Waals surface area contributed by atoms with Gasteiger partial charge in [-0.15, -0.1) is 0 Å². The number of hydrogen-bond donors (Lipinski definition) is 1. The summed E-state index contributed by atoms with van der Waals surface area (Å²) in [6, 6.07) is 3.31. The third-order valence-electron chi connectivity index (χ3n) is 3.20. The zero-order chi connectivity index (χ0) is 14.2. The maximum atomic E-state index is 11.0. The van der Waals surface area contributed by atoms with Crippen molar-refractivity contribution in [2.75, 3.05) is 26.2 Å². The number of piperidine rings is 1. The van der Waals surface area contributed by atoms with Gasteiger partial charge in [0.2, 0.25) is 0 Å². The van der Waals surface area contributed by atoms with Crippen molar-refractivity contribution < 1.29 is 14.7 Å². The SMILES string of the molecule is [O-][n+]1cccc([C]=NOCC(O)CN2CCCCC2)c1. The van der Waals surface area contributed by atoms with E-state index >= 15 is 0 Å². The Morgan fingerprint density at radius 3 is 3.00 bits per heavy atom. The van der Waals surface area contributed by atoms with Crippen molar-refractivity contribution in [3.05, 3.63) is 35.3 Å². The van der Waals surface area contributed by atoms with Gasteiger partial charge in [0, 0.05) is 12.6 Å². The van der Waals surface area contributed by atoms with E-state index < -0.39 is 6.10 Å². The Labute approximate surface area is 118 Å². The van der Waals surface area contributed by atoms with Gasteiger partial charge >= 0.3 is 0 Å². The van der Waals surface area contributed by atoms with E-state index in [1.165, 1.54) is 31.7 Å². The largest absolute Gasteiger partial charge is 0.619 e. The molecule has 1 fully saturated rings. The number of rotatable bonds is 6. The molecule has 1 unspecified atom stereocenters. The molecule has 1 atom stereocenters. The van der Waals surface area contributed by atoms with Crippen molar-refractivity contribution in [2.24, 2.45) is 5.16 Å². The van der Waals surface area contributed by atoms with E-state index in [-0.39, 0.29) is 6.61 Å². The summed E-state index contributed by atoms with van der Waals surface area (Å²) in [5, 5.41) is 24.5. The normalized spacial score (nSPS) is 18.2. The van der Waals surface area contributed by atoms with Crippen LogP contribution in [0.2, 0.25) is 0 Å². The summed E-state index contributed by atoms with van der Waals surface area (Å²) in [7, 11) is 0. The fourth-order valence-corrected chi connectivity index (χ4v) is 2.22. The third-order valence-corrected chi connectivity index (χ3v) is 3.20. The average Bonchev–Trinajstić information content (AvgIpc) is 2.45. The van der Waals surface area contributed by atoms with Gasteiger partial charge in [0.15, 0.2) is 12.4 Å². The quantitative estimate of drug-likeness (QED) is 0.354. The first kappa shape index (κ1) is 14.7. The summed E-state index contributed by atoms with van der Waals surface area (Å²) >= 11 is 0. The molecule has 6 heteroatoms. The highest BCUT2D eigenvalue weighted by Gasteiger charge is 2.14. The minimum absolute atomic E-state index is 0.133. The molecule has 1 aromatic heterocycles. The highest BCUT2D eigenvalue weighted by Crippen LogP contribution is 2.08. The molecule has 1 aliphatic heterocycles. The number of pyridine rings is 1. The first-order valence-electron chi connectivity index (χ1n) is 6.91. The van der Waals surface area contributed by atoms with Gasteiger partial charge in [-0.25, -0.2) is 0 Å². The van der Waals surface area contributed by atoms with Gasteiger partial charge in [-0.3, -0.25) is 0 Å². The van der Waals surface area contributed by atoms with Crippen LogP contribution in [0.3, 0.4) is 0 Å². The van der Waals surface area contributed by atoms with Gasteiger partial charge in [-0.1, -0.05) is 11.6 Å². The van der Waals surface area contributed by atoms with Crippen molar-refractivity contribution in [3.63, 3.8) is 0 Å². The third kappa shape index (κ3) is 5.14. The van der Waals surface area contributed by atoms with Crippen LogP contribution in [-0.4, -0.2) is 48.6 Å².